The van der Waals surface area contributed by atoms with Gasteiger partial charge in [0.15, 0.2) is 0 Å². The number of hydrogen-bond donors (Lipinski definition) is 2. The molecule has 4 heteroatoms. The van der Waals surface area contributed by atoms with Crippen molar-refractivity contribution in [1.29, 1.82) is 0 Å². The maximum atomic E-state index is 11.1. The van der Waals surface area contributed by atoms with E-state index < -0.39 is 0 Å². The van der Waals surface area contributed by atoms with Gasteiger partial charge in [-0.2, -0.15) is 0 Å². The Hall–Kier alpha value is -1.71. The van der Waals surface area contributed by atoms with Crippen LogP contribution in [0.1, 0.15) is 5.56 Å². The molecule has 0 atom stereocenters. The fourth-order valence-corrected chi connectivity index (χ4v) is 1.14. The molecule has 0 unspecified atom stereocenters. The summed E-state index contributed by atoms with van der Waals surface area (Å²) in [4.78, 5) is 11.1. The minimum Gasteiger partial charge on any atom is -0.508 e. The Labute approximate surface area is 82.5 Å². The zero-order chi connectivity index (χ0) is 10.6. The maximum absolute atomic E-state index is 11.1. The Balaban J connectivity index is 2.90. The van der Waals surface area contributed by atoms with Gasteiger partial charge in [-0.15, -0.1) is 0 Å². The van der Waals surface area contributed by atoms with Crippen molar-refractivity contribution in [2.75, 3.05) is 14.2 Å². The van der Waals surface area contributed by atoms with Crippen molar-refractivity contribution in [3.05, 3.63) is 23.8 Å². The lowest BCUT2D eigenvalue weighted by atomic mass is 10.1. The van der Waals surface area contributed by atoms with Crippen molar-refractivity contribution in [3.8, 4) is 11.5 Å². The second-order valence-electron chi connectivity index (χ2n) is 2.85. The fraction of sp³-hybridized carbons (Fsp3) is 0.300. The standard InChI is InChI=1S/C10H13NO3/c1-11-10(13)5-7-3-4-8(12)6-9(7)14-2/h3-4,6,12H,5H2,1-2H3,(H,11,13). The van der Waals surface area contributed by atoms with Crippen LogP contribution < -0.4 is 10.1 Å². The number of phenolic OH excluding ortho intramolecular Hbond substituents is 1. The van der Waals surface area contributed by atoms with Crippen LogP contribution in [0.5, 0.6) is 11.5 Å². The molecule has 0 bridgehead atoms. The number of carbonyl (C=O) groups is 1. The number of likely N-dealkylation sites (N-methyl/N-ethyl adjacent to an activating group) is 1. The van der Waals surface area contributed by atoms with Crippen molar-refractivity contribution in [2.24, 2.45) is 0 Å². The van der Waals surface area contributed by atoms with E-state index in [0.717, 1.165) is 5.56 Å². The molecule has 0 aromatic heterocycles. The zero-order valence-corrected chi connectivity index (χ0v) is 8.20. The molecule has 0 fully saturated rings. The van der Waals surface area contributed by atoms with Gasteiger partial charge in [-0.25, -0.2) is 0 Å². The third-order valence-electron chi connectivity index (χ3n) is 1.90. The van der Waals surface area contributed by atoms with Gasteiger partial charge in [-0.1, -0.05) is 6.07 Å². The first-order chi connectivity index (χ1) is 6.67. The summed E-state index contributed by atoms with van der Waals surface area (Å²) in [6.45, 7) is 0. The molecule has 76 valence electrons. The minimum absolute atomic E-state index is 0.0889. The summed E-state index contributed by atoms with van der Waals surface area (Å²) in [6.07, 6.45) is 0.250. The number of ether oxygens (including phenoxy) is 1. The normalized spacial score (nSPS) is 9.57. The summed E-state index contributed by atoms with van der Waals surface area (Å²) in [7, 11) is 3.08. The van der Waals surface area contributed by atoms with E-state index in [1.165, 1.54) is 19.2 Å². The van der Waals surface area contributed by atoms with Crippen LogP contribution in [0.3, 0.4) is 0 Å². The smallest absolute Gasteiger partial charge is 0.224 e. The summed E-state index contributed by atoms with van der Waals surface area (Å²) in [6, 6.07) is 4.68. The third-order valence-corrected chi connectivity index (χ3v) is 1.90. The highest BCUT2D eigenvalue weighted by atomic mass is 16.5. The van der Waals surface area contributed by atoms with Crippen LogP contribution >= 0.6 is 0 Å². The van der Waals surface area contributed by atoms with Gasteiger partial charge in [0.05, 0.1) is 13.5 Å². The maximum Gasteiger partial charge on any atom is 0.224 e. The number of phenols is 1. The third kappa shape index (κ3) is 2.39. The van der Waals surface area contributed by atoms with Gasteiger partial charge in [-0.05, 0) is 6.07 Å². The number of methoxy groups -OCH3 is 1. The molecule has 1 aromatic rings. The highest BCUT2D eigenvalue weighted by molar-refractivity contribution is 5.79. The summed E-state index contributed by atoms with van der Waals surface area (Å²) in [5.41, 5.74) is 0.754. The molecule has 1 aromatic carbocycles. The van der Waals surface area contributed by atoms with Crippen molar-refractivity contribution in [3.63, 3.8) is 0 Å². The lowest BCUT2D eigenvalue weighted by Crippen LogP contribution is -2.20. The second-order valence-corrected chi connectivity index (χ2v) is 2.85. The van der Waals surface area contributed by atoms with E-state index in [1.807, 2.05) is 0 Å². The van der Waals surface area contributed by atoms with Gasteiger partial charge in [0.25, 0.3) is 0 Å². The molecule has 0 saturated carbocycles. The highest BCUT2D eigenvalue weighted by Crippen LogP contribution is 2.23. The molecule has 0 saturated heterocycles. The average molecular weight is 195 g/mol. The molecule has 0 radical (unpaired) electrons. The topological polar surface area (TPSA) is 58.6 Å². The first kappa shape index (κ1) is 10.4. The Morgan fingerprint density at radius 3 is 2.86 bits per heavy atom. The largest absolute Gasteiger partial charge is 0.508 e. The first-order valence-electron chi connectivity index (χ1n) is 4.24. The zero-order valence-electron chi connectivity index (χ0n) is 8.20. The van der Waals surface area contributed by atoms with Crippen molar-refractivity contribution in [2.45, 2.75) is 6.42 Å². The van der Waals surface area contributed by atoms with Crippen molar-refractivity contribution >= 4 is 5.91 Å². The molecule has 2 N–H and O–H groups in total. The number of amides is 1. The summed E-state index contributed by atoms with van der Waals surface area (Å²) in [5.74, 6) is 0.560. The number of nitrogens with one attached hydrogen (secondary N) is 1. The Kier molecular flexibility index (Phi) is 3.34. The predicted octanol–water partition coefficient (Wildman–Crippen LogP) is 0.689. The van der Waals surface area contributed by atoms with Crippen LogP contribution in [-0.4, -0.2) is 25.2 Å². The number of benzene rings is 1. The van der Waals surface area contributed by atoms with E-state index in [9.17, 15) is 9.90 Å². The van der Waals surface area contributed by atoms with E-state index in [1.54, 1.807) is 13.1 Å². The quantitative estimate of drug-likeness (QED) is 0.746. The first-order valence-corrected chi connectivity index (χ1v) is 4.24. The fourth-order valence-electron chi connectivity index (χ4n) is 1.14. The molecule has 14 heavy (non-hydrogen) atoms. The van der Waals surface area contributed by atoms with Crippen LogP contribution in [0, 0.1) is 0 Å². The number of rotatable bonds is 3. The number of aromatic hydroxyl groups is 1. The number of hydrogen-bond acceptors (Lipinski definition) is 3. The molecule has 0 spiro atoms. The molecular weight excluding hydrogens is 182 g/mol. The SMILES string of the molecule is CNC(=O)Cc1ccc(O)cc1OC. The second kappa shape index (κ2) is 4.50. The lowest BCUT2D eigenvalue weighted by molar-refractivity contribution is -0.119. The van der Waals surface area contributed by atoms with E-state index in [-0.39, 0.29) is 18.1 Å². The highest BCUT2D eigenvalue weighted by Gasteiger charge is 2.07. The Bertz CT molecular complexity index is 336. The summed E-state index contributed by atoms with van der Waals surface area (Å²) in [5, 5.41) is 11.7. The molecule has 4 nitrogen and oxygen atoms in total. The van der Waals surface area contributed by atoms with Gasteiger partial charge in [0, 0.05) is 18.7 Å². The molecule has 0 aliphatic heterocycles. The average Bonchev–Trinajstić information content (AvgIpc) is 2.20. The monoisotopic (exact) mass is 195 g/mol. The van der Waals surface area contributed by atoms with Crippen molar-refractivity contribution < 1.29 is 14.6 Å². The van der Waals surface area contributed by atoms with Crippen LogP contribution in [0.15, 0.2) is 18.2 Å². The van der Waals surface area contributed by atoms with Crippen LogP contribution in [0.4, 0.5) is 0 Å². The van der Waals surface area contributed by atoms with Gasteiger partial charge < -0.3 is 15.2 Å². The van der Waals surface area contributed by atoms with E-state index >= 15 is 0 Å². The lowest BCUT2D eigenvalue weighted by Gasteiger charge is -2.07. The minimum atomic E-state index is -0.0889. The molecule has 0 heterocycles. The molecule has 0 aliphatic rings. The summed E-state index contributed by atoms with van der Waals surface area (Å²) >= 11 is 0. The predicted molar refractivity (Wildman–Crippen MR) is 52.4 cm³/mol. The Morgan fingerprint density at radius 2 is 2.29 bits per heavy atom. The van der Waals surface area contributed by atoms with E-state index in [4.69, 9.17) is 4.74 Å². The van der Waals surface area contributed by atoms with Gasteiger partial charge >= 0.3 is 0 Å². The van der Waals surface area contributed by atoms with E-state index in [0.29, 0.717) is 5.75 Å². The molecule has 0 aliphatic carbocycles. The molecule has 1 rings (SSSR count). The van der Waals surface area contributed by atoms with Gasteiger partial charge in [0.1, 0.15) is 11.5 Å². The van der Waals surface area contributed by atoms with E-state index in [2.05, 4.69) is 5.32 Å². The van der Waals surface area contributed by atoms with Gasteiger partial charge in [0.2, 0.25) is 5.91 Å². The van der Waals surface area contributed by atoms with Crippen molar-refractivity contribution in [1.82, 2.24) is 5.32 Å². The summed E-state index contributed by atoms with van der Waals surface area (Å²) < 4.78 is 5.03. The molecule has 1 amide bonds. The van der Waals surface area contributed by atoms with Crippen LogP contribution in [-0.2, 0) is 11.2 Å². The van der Waals surface area contributed by atoms with Crippen LogP contribution in [0.25, 0.3) is 0 Å². The molecular formula is C10H13NO3. The number of carbonyl (C=O) groups excluding carboxylic acids is 1. The Morgan fingerprint density at radius 1 is 1.57 bits per heavy atom. The van der Waals surface area contributed by atoms with Crippen LogP contribution in [0.2, 0.25) is 0 Å². The van der Waals surface area contributed by atoms with Gasteiger partial charge in [-0.3, -0.25) is 4.79 Å².